The van der Waals surface area contributed by atoms with Gasteiger partial charge in [-0.1, -0.05) is 25.9 Å². The highest BCUT2D eigenvalue weighted by molar-refractivity contribution is 5.96. The SMILES string of the molecule is Cc1onc(C(C)(C)C)c1C(=O)N(C)CCC1CCCCO1. The lowest BCUT2D eigenvalue weighted by atomic mass is 9.88. The van der Waals surface area contributed by atoms with Crippen molar-refractivity contribution in [3.8, 4) is 0 Å². The van der Waals surface area contributed by atoms with E-state index in [2.05, 4.69) is 5.16 Å². The summed E-state index contributed by atoms with van der Waals surface area (Å²) in [6, 6.07) is 0. The number of amides is 1. The van der Waals surface area contributed by atoms with Crippen LogP contribution in [0.15, 0.2) is 4.52 Å². The Bertz CT molecular complexity index is 510. The lowest BCUT2D eigenvalue weighted by molar-refractivity contribution is 0.00707. The number of rotatable bonds is 4. The third-order valence-corrected chi connectivity index (χ3v) is 4.19. The summed E-state index contributed by atoms with van der Waals surface area (Å²) in [4.78, 5) is 14.5. The fourth-order valence-electron chi connectivity index (χ4n) is 2.80. The number of ether oxygens (including phenoxy) is 1. The highest BCUT2D eigenvalue weighted by atomic mass is 16.5. The molecular weight excluding hydrogens is 280 g/mol. The van der Waals surface area contributed by atoms with Crippen LogP contribution >= 0.6 is 0 Å². The van der Waals surface area contributed by atoms with E-state index in [1.165, 1.54) is 6.42 Å². The summed E-state index contributed by atoms with van der Waals surface area (Å²) in [5.41, 5.74) is 1.13. The second-order valence-electron chi connectivity index (χ2n) is 7.22. The van der Waals surface area contributed by atoms with Crippen molar-refractivity contribution in [2.75, 3.05) is 20.2 Å². The smallest absolute Gasteiger partial charge is 0.259 e. The van der Waals surface area contributed by atoms with Crippen molar-refractivity contribution in [3.63, 3.8) is 0 Å². The van der Waals surface area contributed by atoms with Crippen molar-refractivity contribution in [1.82, 2.24) is 10.1 Å². The summed E-state index contributed by atoms with van der Waals surface area (Å²) in [5, 5.41) is 4.09. The molecule has 0 aliphatic carbocycles. The van der Waals surface area contributed by atoms with E-state index in [1.54, 1.807) is 11.8 Å². The average Bonchev–Trinajstić information content (AvgIpc) is 2.87. The molecule has 0 radical (unpaired) electrons. The van der Waals surface area contributed by atoms with Gasteiger partial charge in [0.1, 0.15) is 17.0 Å². The molecule has 1 saturated heterocycles. The van der Waals surface area contributed by atoms with Gasteiger partial charge in [-0.05, 0) is 32.6 Å². The van der Waals surface area contributed by atoms with Crippen molar-refractivity contribution in [1.29, 1.82) is 0 Å². The van der Waals surface area contributed by atoms with Crippen LogP contribution in [0.25, 0.3) is 0 Å². The van der Waals surface area contributed by atoms with Gasteiger partial charge in [0.2, 0.25) is 0 Å². The summed E-state index contributed by atoms with van der Waals surface area (Å²) >= 11 is 0. The van der Waals surface area contributed by atoms with Gasteiger partial charge in [-0.3, -0.25) is 4.79 Å². The number of carbonyl (C=O) groups excluding carboxylic acids is 1. The van der Waals surface area contributed by atoms with Crippen LogP contribution in [0.1, 0.15) is 68.3 Å². The number of nitrogens with zero attached hydrogens (tertiary/aromatic N) is 2. The summed E-state index contributed by atoms with van der Waals surface area (Å²) in [6.45, 7) is 9.46. The van der Waals surface area contributed by atoms with E-state index >= 15 is 0 Å². The monoisotopic (exact) mass is 308 g/mol. The quantitative estimate of drug-likeness (QED) is 0.856. The third kappa shape index (κ3) is 3.88. The van der Waals surface area contributed by atoms with Crippen molar-refractivity contribution < 1.29 is 14.1 Å². The fraction of sp³-hybridized carbons (Fsp3) is 0.765. The van der Waals surface area contributed by atoms with Crippen LogP contribution in [0.5, 0.6) is 0 Å². The summed E-state index contributed by atoms with van der Waals surface area (Å²) in [6.07, 6.45) is 4.65. The van der Waals surface area contributed by atoms with E-state index in [4.69, 9.17) is 9.26 Å². The number of aryl methyl sites for hydroxylation is 1. The standard InChI is InChI=1S/C17H28N2O3/c1-12-14(15(18-22-12)17(2,3)4)16(20)19(5)10-9-13-8-6-7-11-21-13/h13H,6-11H2,1-5H3. The molecule has 2 rings (SSSR count). The summed E-state index contributed by atoms with van der Waals surface area (Å²) < 4.78 is 11.0. The molecule has 124 valence electrons. The minimum absolute atomic E-state index is 0.0144. The Kier molecular flexibility index (Phi) is 5.27. The van der Waals surface area contributed by atoms with Crippen molar-refractivity contribution in [3.05, 3.63) is 17.0 Å². The van der Waals surface area contributed by atoms with E-state index < -0.39 is 0 Å². The van der Waals surface area contributed by atoms with Crippen molar-refractivity contribution in [2.24, 2.45) is 0 Å². The normalized spacial score (nSPS) is 19.2. The van der Waals surface area contributed by atoms with Crippen LogP contribution in [0.3, 0.4) is 0 Å². The molecule has 0 saturated carbocycles. The second kappa shape index (κ2) is 6.82. The van der Waals surface area contributed by atoms with E-state index in [1.807, 2.05) is 27.8 Å². The van der Waals surface area contributed by atoms with Crippen molar-refractivity contribution in [2.45, 2.75) is 64.9 Å². The molecule has 1 unspecified atom stereocenters. The minimum Gasteiger partial charge on any atom is -0.378 e. The van der Waals surface area contributed by atoms with Gasteiger partial charge in [0.25, 0.3) is 5.91 Å². The first-order valence-electron chi connectivity index (χ1n) is 8.14. The first-order valence-corrected chi connectivity index (χ1v) is 8.14. The maximum absolute atomic E-state index is 12.8. The van der Waals surface area contributed by atoms with Gasteiger partial charge < -0.3 is 14.2 Å². The van der Waals surface area contributed by atoms with Gasteiger partial charge >= 0.3 is 0 Å². The fourth-order valence-corrected chi connectivity index (χ4v) is 2.80. The van der Waals surface area contributed by atoms with Crippen LogP contribution in [0, 0.1) is 6.92 Å². The molecule has 1 amide bonds. The molecule has 0 spiro atoms. The second-order valence-corrected chi connectivity index (χ2v) is 7.22. The predicted octanol–water partition coefficient (Wildman–Crippen LogP) is 3.31. The Morgan fingerprint density at radius 3 is 2.68 bits per heavy atom. The topological polar surface area (TPSA) is 55.6 Å². The van der Waals surface area contributed by atoms with Crippen LogP contribution in [0.4, 0.5) is 0 Å². The Morgan fingerprint density at radius 1 is 1.36 bits per heavy atom. The van der Waals surface area contributed by atoms with E-state index in [-0.39, 0.29) is 17.4 Å². The Hall–Kier alpha value is -1.36. The van der Waals surface area contributed by atoms with E-state index in [9.17, 15) is 4.79 Å². The molecule has 5 heteroatoms. The first kappa shape index (κ1) is 17.0. The molecule has 5 nitrogen and oxygen atoms in total. The molecule has 1 aliphatic rings. The van der Waals surface area contributed by atoms with Gasteiger partial charge in [0.15, 0.2) is 0 Å². The zero-order valence-electron chi connectivity index (χ0n) is 14.4. The molecule has 2 heterocycles. The average molecular weight is 308 g/mol. The zero-order chi connectivity index (χ0) is 16.3. The molecule has 0 bridgehead atoms. The summed E-state index contributed by atoms with van der Waals surface area (Å²) in [7, 11) is 1.84. The van der Waals surface area contributed by atoms with Crippen LogP contribution in [-0.4, -0.2) is 42.3 Å². The lowest BCUT2D eigenvalue weighted by Crippen LogP contribution is -2.33. The molecule has 22 heavy (non-hydrogen) atoms. The Morgan fingerprint density at radius 2 is 2.09 bits per heavy atom. The van der Waals surface area contributed by atoms with E-state index in [0.717, 1.165) is 31.6 Å². The molecule has 0 aromatic carbocycles. The van der Waals surface area contributed by atoms with Gasteiger partial charge in [0.05, 0.1) is 6.10 Å². The Labute approximate surface area is 133 Å². The maximum Gasteiger partial charge on any atom is 0.259 e. The molecule has 1 aromatic heterocycles. The van der Waals surface area contributed by atoms with Gasteiger partial charge in [-0.25, -0.2) is 0 Å². The molecular formula is C17H28N2O3. The van der Waals surface area contributed by atoms with Crippen LogP contribution in [0.2, 0.25) is 0 Å². The predicted molar refractivity (Wildman–Crippen MR) is 85.1 cm³/mol. The lowest BCUT2D eigenvalue weighted by Gasteiger charge is -2.26. The Balaban J connectivity index is 2.02. The van der Waals surface area contributed by atoms with Gasteiger partial charge in [-0.15, -0.1) is 0 Å². The first-order chi connectivity index (χ1) is 10.3. The maximum atomic E-state index is 12.8. The van der Waals surface area contributed by atoms with Crippen LogP contribution in [-0.2, 0) is 10.2 Å². The van der Waals surface area contributed by atoms with Crippen LogP contribution < -0.4 is 0 Å². The number of hydrogen-bond donors (Lipinski definition) is 0. The molecule has 0 N–H and O–H groups in total. The highest BCUT2D eigenvalue weighted by Gasteiger charge is 2.30. The summed E-state index contributed by atoms with van der Waals surface area (Å²) in [5.74, 6) is 0.579. The minimum atomic E-state index is -0.212. The largest absolute Gasteiger partial charge is 0.378 e. The molecule has 1 atom stereocenters. The molecule has 1 fully saturated rings. The van der Waals surface area contributed by atoms with Crippen molar-refractivity contribution >= 4 is 5.91 Å². The van der Waals surface area contributed by atoms with E-state index in [0.29, 0.717) is 17.9 Å². The highest BCUT2D eigenvalue weighted by Crippen LogP contribution is 2.28. The zero-order valence-corrected chi connectivity index (χ0v) is 14.4. The number of aromatic nitrogens is 1. The van der Waals surface area contributed by atoms with Gasteiger partial charge in [0, 0.05) is 25.6 Å². The molecule has 1 aromatic rings. The number of hydrogen-bond acceptors (Lipinski definition) is 4. The third-order valence-electron chi connectivity index (χ3n) is 4.19. The molecule has 1 aliphatic heterocycles. The van der Waals surface area contributed by atoms with Gasteiger partial charge in [-0.2, -0.15) is 0 Å². The number of carbonyl (C=O) groups is 1.